The smallest absolute Gasteiger partial charge is 0.269 e. The van der Waals surface area contributed by atoms with E-state index in [1.807, 2.05) is 66.8 Å². The Bertz CT molecular complexity index is 818. The lowest BCUT2D eigenvalue weighted by atomic mass is 10.1. The van der Waals surface area contributed by atoms with Crippen molar-refractivity contribution < 1.29 is 4.79 Å². The van der Waals surface area contributed by atoms with Gasteiger partial charge in [-0.3, -0.25) is 15.6 Å². The van der Waals surface area contributed by atoms with Crippen molar-refractivity contribution in [2.24, 2.45) is 0 Å². The molecule has 4 nitrogen and oxygen atoms in total. The minimum atomic E-state index is -0.210. The van der Waals surface area contributed by atoms with E-state index in [0.29, 0.717) is 15.3 Å². The third kappa shape index (κ3) is 5.18. The zero-order valence-electron chi connectivity index (χ0n) is 15.4. The van der Waals surface area contributed by atoms with Crippen LogP contribution in [0.2, 0.25) is 0 Å². The van der Waals surface area contributed by atoms with Gasteiger partial charge in [0, 0.05) is 22.8 Å². The largest absolute Gasteiger partial charge is 0.331 e. The average molecular weight is 418 g/mol. The van der Waals surface area contributed by atoms with Gasteiger partial charge in [-0.05, 0) is 54.4 Å². The zero-order valence-corrected chi connectivity index (χ0v) is 17.8. The first-order chi connectivity index (χ1) is 13.1. The molecular weight excluding hydrogens is 394 g/mol. The van der Waals surface area contributed by atoms with E-state index in [2.05, 4.69) is 29.2 Å². The van der Waals surface area contributed by atoms with Gasteiger partial charge >= 0.3 is 0 Å². The van der Waals surface area contributed by atoms with Gasteiger partial charge in [-0.2, -0.15) is 0 Å². The molecule has 0 radical (unpaired) electrons. The summed E-state index contributed by atoms with van der Waals surface area (Å²) in [7, 11) is 0. The van der Waals surface area contributed by atoms with Gasteiger partial charge in [-0.25, -0.2) is 0 Å². The number of amides is 1. The number of aryl methyl sites for hydroxylation is 2. The monoisotopic (exact) mass is 417 g/mol. The summed E-state index contributed by atoms with van der Waals surface area (Å²) in [6.45, 7) is 4.13. The van der Waals surface area contributed by atoms with Gasteiger partial charge in [0.15, 0.2) is 5.11 Å². The van der Waals surface area contributed by atoms with Crippen molar-refractivity contribution in [3.8, 4) is 0 Å². The summed E-state index contributed by atoms with van der Waals surface area (Å²) in [4.78, 5) is 12.4. The number of carbonyl (C=O) groups is 1. The van der Waals surface area contributed by atoms with Crippen molar-refractivity contribution in [2.45, 2.75) is 24.9 Å². The number of nitrogens with one attached hydrogen (secondary N) is 3. The molecule has 7 heteroatoms. The lowest BCUT2D eigenvalue weighted by Crippen LogP contribution is -2.44. The summed E-state index contributed by atoms with van der Waals surface area (Å²) >= 11 is 9.23. The molecule has 0 bridgehead atoms. The van der Waals surface area contributed by atoms with Gasteiger partial charge < -0.3 is 5.32 Å². The average Bonchev–Trinajstić information content (AvgIpc) is 3.22. The van der Waals surface area contributed by atoms with Crippen LogP contribution in [-0.2, 0) is 6.42 Å². The number of para-hydroxylation sites is 1. The number of rotatable bonds is 4. The van der Waals surface area contributed by atoms with E-state index in [9.17, 15) is 4.79 Å². The third-order valence-electron chi connectivity index (χ3n) is 4.33. The Hall–Kier alpha value is -1.70. The number of benzene rings is 2. The molecule has 3 rings (SSSR count). The van der Waals surface area contributed by atoms with Crippen LogP contribution in [0.25, 0.3) is 0 Å². The van der Waals surface area contributed by atoms with E-state index >= 15 is 0 Å². The van der Waals surface area contributed by atoms with Crippen LogP contribution in [0.4, 0.5) is 5.69 Å². The highest BCUT2D eigenvalue weighted by Crippen LogP contribution is 2.45. The second-order valence-electron chi connectivity index (χ2n) is 6.19. The van der Waals surface area contributed by atoms with E-state index in [0.717, 1.165) is 17.7 Å². The van der Waals surface area contributed by atoms with Crippen LogP contribution < -0.4 is 16.2 Å². The van der Waals surface area contributed by atoms with Crippen molar-refractivity contribution in [3.05, 3.63) is 64.7 Å². The van der Waals surface area contributed by atoms with Crippen molar-refractivity contribution in [1.82, 2.24) is 10.9 Å². The topological polar surface area (TPSA) is 53.2 Å². The quantitative estimate of drug-likeness (QED) is 0.497. The van der Waals surface area contributed by atoms with Crippen LogP contribution in [0, 0.1) is 6.92 Å². The standard InChI is InChI=1S/C20H23N3OS3/c1-3-14-6-4-5-13(2)17(14)21-20(25)23-22-18(24)15-7-9-16(10-8-15)19-26-11-12-27-19/h4-10,19H,3,11-12H2,1-2H3,(H,22,24)(H2,21,23,25). The van der Waals surface area contributed by atoms with Crippen molar-refractivity contribution in [3.63, 3.8) is 0 Å². The first-order valence-corrected chi connectivity index (χ1v) is 11.4. The maximum atomic E-state index is 12.4. The SMILES string of the molecule is CCc1cccc(C)c1NC(=S)NNC(=O)c1ccc(C2SCCS2)cc1. The van der Waals surface area contributed by atoms with Crippen molar-refractivity contribution >= 4 is 52.4 Å². The molecule has 0 saturated carbocycles. The fourth-order valence-corrected chi connectivity index (χ4v) is 5.89. The first kappa shape index (κ1) is 20.0. The summed E-state index contributed by atoms with van der Waals surface area (Å²) in [5.41, 5.74) is 10.6. The molecule has 142 valence electrons. The van der Waals surface area contributed by atoms with E-state index in [-0.39, 0.29) is 5.91 Å². The van der Waals surface area contributed by atoms with Crippen LogP contribution in [0.15, 0.2) is 42.5 Å². The van der Waals surface area contributed by atoms with Gasteiger partial charge in [0.2, 0.25) is 0 Å². The number of hydrogen-bond donors (Lipinski definition) is 3. The Morgan fingerprint density at radius 2 is 1.81 bits per heavy atom. The third-order valence-corrected chi connectivity index (χ3v) is 7.64. The maximum absolute atomic E-state index is 12.4. The number of hydrogen-bond acceptors (Lipinski definition) is 4. The van der Waals surface area contributed by atoms with E-state index in [4.69, 9.17) is 12.2 Å². The highest BCUT2D eigenvalue weighted by molar-refractivity contribution is 8.19. The number of thiocarbonyl (C=S) groups is 1. The number of hydrazine groups is 1. The Labute approximate surface area is 174 Å². The van der Waals surface area contributed by atoms with Gasteiger partial charge in [0.25, 0.3) is 5.91 Å². The molecule has 27 heavy (non-hydrogen) atoms. The maximum Gasteiger partial charge on any atom is 0.269 e. The minimum absolute atomic E-state index is 0.210. The summed E-state index contributed by atoms with van der Waals surface area (Å²) in [6.07, 6.45) is 0.906. The molecule has 2 aromatic carbocycles. The molecule has 1 fully saturated rings. The number of anilines is 1. The fourth-order valence-electron chi connectivity index (χ4n) is 2.87. The predicted molar refractivity (Wildman–Crippen MR) is 121 cm³/mol. The summed E-state index contributed by atoms with van der Waals surface area (Å²) in [6, 6.07) is 13.9. The molecule has 3 N–H and O–H groups in total. The molecule has 1 aliphatic heterocycles. The molecule has 1 heterocycles. The van der Waals surface area contributed by atoms with Gasteiger partial charge in [-0.1, -0.05) is 37.3 Å². The summed E-state index contributed by atoms with van der Waals surface area (Å²) in [5, 5.41) is 3.55. The fraction of sp³-hybridized carbons (Fsp3) is 0.300. The van der Waals surface area contributed by atoms with Gasteiger partial charge in [0.1, 0.15) is 0 Å². The molecular formula is C20H23N3OS3. The van der Waals surface area contributed by atoms with Crippen LogP contribution >= 0.6 is 35.7 Å². The molecule has 0 aromatic heterocycles. The Kier molecular flexibility index (Phi) is 7.04. The highest BCUT2D eigenvalue weighted by Gasteiger charge is 2.18. The van der Waals surface area contributed by atoms with E-state index < -0.39 is 0 Å². The second-order valence-corrected chi connectivity index (χ2v) is 9.32. The minimum Gasteiger partial charge on any atom is -0.331 e. The summed E-state index contributed by atoms with van der Waals surface area (Å²) < 4.78 is 0.485. The molecule has 1 aliphatic rings. The second kappa shape index (κ2) is 9.48. The first-order valence-electron chi connectivity index (χ1n) is 8.87. The van der Waals surface area contributed by atoms with Gasteiger partial charge in [-0.15, -0.1) is 23.5 Å². The molecule has 0 spiro atoms. The molecule has 0 aliphatic carbocycles. The van der Waals surface area contributed by atoms with Crippen molar-refractivity contribution in [2.75, 3.05) is 16.8 Å². The number of thioether (sulfide) groups is 2. The van der Waals surface area contributed by atoms with Crippen LogP contribution in [0.5, 0.6) is 0 Å². The Balaban J connectivity index is 1.55. The van der Waals surface area contributed by atoms with Crippen LogP contribution in [0.1, 0.15) is 38.6 Å². The van der Waals surface area contributed by atoms with E-state index in [1.54, 1.807) is 0 Å². The van der Waals surface area contributed by atoms with Crippen molar-refractivity contribution in [1.29, 1.82) is 0 Å². The normalized spacial score (nSPS) is 14.0. The lowest BCUT2D eigenvalue weighted by Gasteiger charge is -2.16. The zero-order chi connectivity index (χ0) is 19.2. The number of carbonyl (C=O) groups excluding carboxylic acids is 1. The molecule has 0 unspecified atom stereocenters. The van der Waals surface area contributed by atoms with Crippen LogP contribution in [-0.4, -0.2) is 22.5 Å². The molecule has 2 aromatic rings. The Morgan fingerprint density at radius 3 is 2.48 bits per heavy atom. The summed E-state index contributed by atoms with van der Waals surface area (Å²) in [5.74, 6) is 2.16. The van der Waals surface area contributed by atoms with Crippen LogP contribution in [0.3, 0.4) is 0 Å². The Morgan fingerprint density at radius 1 is 1.11 bits per heavy atom. The van der Waals surface area contributed by atoms with Gasteiger partial charge in [0.05, 0.1) is 4.58 Å². The predicted octanol–water partition coefficient (Wildman–Crippen LogP) is 4.67. The lowest BCUT2D eigenvalue weighted by molar-refractivity contribution is 0.0944. The molecule has 1 saturated heterocycles. The van der Waals surface area contributed by atoms with E-state index in [1.165, 1.54) is 22.6 Å². The molecule has 1 amide bonds. The highest BCUT2D eigenvalue weighted by atomic mass is 32.2. The molecule has 0 atom stereocenters.